The van der Waals surface area contributed by atoms with Crippen LogP contribution in [0.5, 0.6) is 0 Å². The highest BCUT2D eigenvalue weighted by Crippen LogP contribution is 2.49. The Bertz CT molecular complexity index is 4940. The molecule has 3 heterocycles. The van der Waals surface area contributed by atoms with Crippen molar-refractivity contribution in [1.29, 1.82) is 0 Å². The van der Waals surface area contributed by atoms with E-state index in [1.165, 1.54) is 55.4 Å². The third kappa shape index (κ3) is 45.3. The minimum atomic E-state index is -4.60. The molecule has 0 aliphatic carbocycles. The molecule has 6 atom stereocenters. The third-order valence-corrected chi connectivity index (χ3v) is 25.5. The van der Waals surface area contributed by atoms with Crippen LogP contribution in [0.3, 0.4) is 0 Å². The Morgan fingerprint density at radius 1 is 0.397 bits per heavy atom. The molecule has 0 bridgehead atoms. The van der Waals surface area contributed by atoms with E-state index >= 15 is 0 Å². The zero-order valence-corrected chi connectivity index (χ0v) is 88.1. The number of carboxylic acid groups (broad SMARTS) is 2. The molecule has 796 valence electrons. The molecule has 9 amide bonds. The molecular formula is C87H130Cl3N9O37S5. The quantitative estimate of drug-likeness (QED) is 0.0114. The lowest BCUT2D eigenvalue weighted by atomic mass is 9.66. The van der Waals surface area contributed by atoms with Gasteiger partial charge < -0.3 is 110 Å². The lowest BCUT2D eigenvalue weighted by molar-refractivity contribution is -0.156. The van der Waals surface area contributed by atoms with Gasteiger partial charge in [-0.15, -0.1) is 0 Å². The maximum absolute atomic E-state index is 13.5. The number of aliphatic carboxylic acids is 2. The van der Waals surface area contributed by atoms with Crippen LogP contribution in [-0.2, 0) is 128 Å². The van der Waals surface area contributed by atoms with Gasteiger partial charge >= 0.3 is 70.6 Å². The number of nitrogens with zero attached hydrogens (tertiary/aromatic N) is 3. The van der Waals surface area contributed by atoms with Gasteiger partial charge in [-0.05, 0) is 132 Å². The summed E-state index contributed by atoms with van der Waals surface area (Å²) in [4.78, 5) is 181. The lowest BCUT2D eigenvalue weighted by Crippen LogP contribution is -2.61. The van der Waals surface area contributed by atoms with E-state index in [4.69, 9.17) is 72.9 Å². The number of aliphatic hydroxyl groups is 3. The number of thioether (sulfide) groups is 2. The van der Waals surface area contributed by atoms with Crippen LogP contribution in [0.25, 0.3) is 0 Å². The Labute approximate surface area is 842 Å². The normalized spacial score (nSPS) is 18.3. The Kier molecular flexibility index (Phi) is 49.3. The molecule has 3 aromatic carbocycles. The second-order valence-corrected chi connectivity index (χ2v) is 45.4. The molecule has 54 heteroatoms. The van der Waals surface area contributed by atoms with Crippen molar-refractivity contribution in [3.63, 3.8) is 0 Å². The molecule has 3 fully saturated rings. The van der Waals surface area contributed by atoms with Gasteiger partial charge in [0.05, 0.1) is 47.9 Å². The summed E-state index contributed by atoms with van der Waals surface area (Å²) in [7, 11) is -13.7. The number of esters is 2. The molecule has 3 aliphatic rings. The minimum Gasteiger partial charge on any atom is -0.481 e. The number of hydrogen-bond acceptors (Lipinski definition) is 34. The molecule has 3 aromatic rings. The van der Waals surface area contributed by atoms with Crippen molar-refractivity contribution in [3.05, 3.63) is 105 Å². The van der Waals surface area contributed by atoms with Crippen molar-refractivity contribution < 1.29 is 174 Å². The second-order valence-electron chi connectivity index (χ2n) is 37.5. The van der Waals surface area contributed by atoms with Gasteiger partial charge in [0, 0.05) is 84.4 Å². The summed E-state index contributed by atoms with van der Waals surface area (Å²) in [5.74, 6) is -10.5. The maximum atomic E-state index is 13.5. The SMILES string of the molecule is CC(=O)SCC(=O)O.CC(=O)SCC(=O)O.CC(C)[C@@H](NC(=O)NCC(C)(C)OC(=O)OCOC(=O)CS(=O)(=O)O)C(=O)N1CC[C@](O)(c2ccc(Cl)cc2)C(C)(C)C1.CC(C)[C@@H](NC(=O)NCC(C)(C)OC(=O)OCOC(=O)CS(=O)(=O)O)C(=O)N1CC[C@](O)(c2ccc(Cl)cc2)C(C)(C)C1.CC(C)[C@@H](NC(=O)NCC(C)(C)OC(=O)OCS(=O)(=O)O)C(=O)N1CC[C@](O)(c2ccc(Cl)cc2)C(C)(C)C1. The topological polar surface area (TPSA) is 676 Å². The molecule has 0 aromatic heterocycles. The fourth-order valence-corrected chi connectivity index (χ4v) is 15.9. The number of nitrogens with one attached hydrogen (secondary N) is 6. The van der Waals surface area contributed by atoms with Crippen molar-refractivity contribution >= 4 is 177 Å². The molecule has 46 nitrogen and oxygen atoms in total. The van der Waals surface area contributed by atoms with Crippen LogP contribution in [-0.4, -0.2) is 304 Å². The number of amides is 9. The van der Waals surface area contributed by atoms with E-state index in [0.29, 0.717) is 38.2 Å². The number of rotatable bonds is 35. The first-order chi connectivity index (χ1) is 64.3. The molecule has 6 rings (SSSR count). The zero-order valence-electron chi connectivity index (χ0n) is 81.8. The smallest absolute Gasteiger partial charge is 0.481 e. The molecule has 0 unspecified atom stereocenters. The highest BCUT2D eigenvalue weighted by Gasteiger charge is 2.54. The summed E-state index contributed by atoms with van der Waals surface area (Å²) >= 11 is 19.6. The van der Waals surface area contributed by atoms with Gasteiger partial charge in [0.2, 0.25) is 37.2 Å². The van der Waals surface area contributed by atoms with E-state index in [2.05, 4.69) is 55.6 Å². The van der Waals surface area contributed by atoms with Crippen LogP contribution in [0, 0.1) is 34.0 Å². The number of halogens is 3. The van der Waals surface area contributed by atoms with Gasteiger partial charge in [-0.2, -0.15) is 25.3 Å². The molecule has 0 saturated carbocycles. The molecule has 0 spiro atoms. The molecule has 141 heavy (non-hydrogen) atoms. The van der Waals surface area contributed by atoms with Gasteiger partial charge in [-0.25, -0.2) is 28.8 Å². The summed E-state index contributed by atoms with van der Waals surface area (Å²) in [5, 5.41) is 67.8. The molecule has 3 saturated heterocycles. The number of likely N-dealkylation sites (tertiary alicyclic amines) is 3. The van der Waals surface area contributed by atoms with Crippen LogP contribution in [0.15, 0.2) is 72.8 Å². The largest absolute Gasteiger partial charge is 0.511 e. The number of urea groups is 3. The predicted molar refractivity (Wildman–Crippen MR) is 514 cm³/mol. The van der Waals surface area contributed by atoms with Crippen molar-refractivity contribution in [2.24, 2.45) is 34.0 Å². The summed E-state index contributed by atoms with van der Waals surface area (Å²) in [5.41, 5.74) is -7.47. The monoisotopic (exact) mass is 2160 g/mol. The molecular weight excluding hydrogens is 2030 g/mol. The van der Waals surface area contributed by atoms with Crippen LogP contribution >= 0.6 is 58.3 Å². The van der Waals surface area contributed by atoms with Gasteiger partial charge in [0.15, 0.2) is 21.7 Å². The minimum absolute atomic E-state index is 0.130. The summed E-state index contributed by atoms with van der Waals surface area (Å²) in [6.45, 7) is 32.5. The highest BCUT2D eigenvalue weighted by molar-refractivity contribution is 8.14. The first-order valence-electron chi connectivity index (χ1n) is 43.2. The Morgan fingerprint density at radius 2 is 0.631 bits per heavy atom. The molecule has 3 aliphatic heterocycles. The number of benzene rings is 3. The van der Waals surface area contributed by atoms with Crippen LogP contribution in [0.2, 0.25) is 15.1 Å². The standard InChI is InChI=1S/2C27H40ClN3O11S.C25H38ClN3O9S.2C4H6O3S/c2*1-17(2)21(22(33)31-12-11-27(36,25(3,4)15-31)18-7-9-19(28)10-8-18)30-23(34)29-14-26(5,6)42-24(35)41-16-40-20(32)13-43(37,38)39;1-16(2)19(28-21(31)27-13-24(5,6)38-22(32)37-15-39(34,35)36)20(30)29-12-11-25(33,23(3,4)14-29)17-7-9-18(26)10-8-17;2*1-3(5)8-2-4(6)7/h2*7-10,17,21,36H,11-16H2,1-6H3,(H2,29,30,34)(H,37,38,39);7-10,16,19,33H,11-15H2,1-6H3,(H2,27,28,31)(H,34,35,36);2*2H2,1H3,(H,6,7)/t2*21-,27+;19-,25+;;/m111../s1. The Morgan fingerprint density at radius 3 is 0.823 bits per heavy atom. The second kappa shape index (κ2) is 54.7. The van der Waals surface area contributed by atoms with Crippen molar-refractivity contribution in [1.82, 2.24) is 46.6 Å². The number of carbonyl (C=O) groups is 15. The van der Waals surface area contributed by atoms with Crippen molar-refractivity contribution in [2.75, 3.05) is 101 Å². The van der Waals surface area contributed by atoms with E-state index < -0.39 is 190 Å². The number of ether oxygens (including phenoxy) is 8. The lowest BCUT2D eigenvalue weighted by Gasteiger charge is -2.51. The number of piperidine rings is 3. The van der Waals surface area contributed by atoms with Crippen LogP contribution in [0.4, 0.5) is 28.8 Å². The average Bonchev–Trinajstić information content (AvgIpc) is 0.757. The average molecular weight is 2160 g/mol. The predicted octanol–water partition coefficient (Wildman–Crippen LogP) is 8.45. The number of hydrogen-bond donors (Lipinski definition) is 14. The Balaban J connectivity index is 0.000000660. The van der Waals surface area contributed by atoms with Crippen LogP contribution in [0.1, 0.15) is 174 Å². The van der Waals surface area contributed by atoms with Gasteiger partial charge in [-0.3, -0.25) is 56.8 Å². The Hall–Kier alpha value is -9.91. The van der Waals surface area contributed by atoms with E-state index in [1.54, 1.807) is 129 Å². The fourth-order valence-electron chi connectivity index (χ4n) is 13.9. The zero-order chi connectivity index (χ0) is 109. The van der Waals surface area contributed by atoms with Crippen molar-refractivity contribution in [3.8, 4) is 0 Å². The first kappa shape index (κ1) is 127. The van der Waals surface area contributed by atoms with Gasteiger partial charge in [-0.1, -0.05) is 178 Å². The molecule has 0 radical (unpaired) electrons. The van der Waals surface area contributed by atoms with Crippen molar-refractivity contribution in [2.45, 2.75) is 209 Å². The summed E-state index contributed by atoms with van der Waals surface area (Å²) in [6, 6.07) is 16.2. The summed E-state index contributed by atoms with van der Waals surface area (Å²) < 4.78 is 127. The molecule has 14 N–H and O–H groups in total. The van der Waals surface area contributed by atoms with E-state index in [1.807, 2.05) is 41.5 Å². The maximum Gasteiger partial charge on any atom is 0.511 e. The number of carbonyl (C=O) groups excluding carboxylic acids is 13. The fraction of sp³-hybridized carbons (Fsp3) is 0.621. The third-order valence-electron chi connectivity index (χ3n) is 21.5. The van der Waals surface area contributed by atoms with E-state index in [9.17, 15) is 112 Å². The van der Waals surface area contributed by atoms with Crippen LogP contribution < -0.4 is 31.9 Å². The highest BCUT2D eigenvalue weighted by atomic mass is 35.5. The van der Waals surface area contributed by atoms with Gasteiger partial charge in [0.25, 0.3) is 20.2 Å². The van der Waals surface area contributed by atoms with Gasteiger partial charge in [0.1, 0.15) is 34.9 Å². The first-order valence-corrected chi connectivity index (χ1v) is 51.2. The number of carboxylic acids is 2. The van der Waals surface area contributed by atoms with E-state index in [-0.39, 0.29) is 129 Å². The van der Waals surface area contributed by atoms with E-state index in [0.717, 1.165) is 23.5 Å². The summed E-state index contributed by atoms with van der Waals surface area (Å²) in [6.07, 6.45) is -3.02.